The first-order valence-corrected chi connectivity index (χ1v) is 6.42. The lowest BCUT2D eigenvalue weighted by Gasteiger charge is -2.08. The van der Waals surface area contributed by atoms with Gasteiger partial charge >= 0.3 is 5.97 Å². The predicted octanol–water partition coefficient (Wildman–Crippen LogP) is 0.910. The first-order valence-electron chi connectivity index (χ1n) is 6.42. The Kier molecular flexibility index (Phi) is 4.32. The largest absolute Gasteiger partial charge is 0.476 e. The Hall–Kier alpha value is -2.70. The van der Waals surface area contributed by atoms with Crippen molar-refractivity contribution in [3.63, 3.8) is 0 Å². The summed E-state index contributed by atoms with van der Waals surface area (Å²) in [5.41, 5.74) is 3.14. The number of benzene rings is 1. The van der Waals surface area contributed by atoms with Gasteiger partial charge in [-0.3, -0.25) is 4.79 Å². The van der Waals surface area contributed by atoms with Crippen molar-refractivity contribution in [2.24, 2.45) is 0 Å². The molecular formula is C14H16N4O3. The molecule has 1 amide bonds. The molecule has 0 atom stereocenters. The number of aryl methyl sites for hydroxylation is 2. The highest BCUT2D eigenvalue weighted by molar-refractivity contribution is 5.84. The van der Waals surface area contributed by atoms with Crippen LogP contribution in [-0.2, 0) is 17.9 Å². The smallest absolute Gasteiger partial charge is 0.358 e. The molecule has 0 saturated heterocycles. The second-order valence-corrected chi connectivity index (χ2v) is 4.81. The number of aromatic nitrogens is 3. The average molecular weight is 288 g/mol. The average Bonchev–Trinajstić information content (AvgIpc) is 2.86. The lowest BCUT2D eigenvalue weighted by atomic mass is 10.1. The van der Waals surface area contributed by atoms with E-state index >= 15 is 0 Å². The first-order chi connectivity index (χ1) is 9.95. The van der Waals surface area contributed by atoms with Crippen LogP contribution in [0.3, 0.4) is 0 Å². The van der Waals surface area contributed by atoms with E-state index in [1.807, 2.05) is 26.0 Å². The van der Waals surface area contributed by atoms with E-state index in [0.717, 1.165) is 11.1 Å². The summed E-state index contributed by atoms with van der Waals surface area (Å²) < 4.78 is 1.20. The van der Waals surface area contributed by atoms with E-state index in [2.05, 4.69) is 21.7 Å². The first kappa shape index (κ1) is 14.7. The van der Waals surface area contributed by atoms with Gasteiger partial charge in [0.05, 0.1) is 6.20 Å². The minimum atomic E-state index is -1.17. The van der Waals surface area contributed by atoms with E-state index in [0.29, 0.717) is 6.54 Å². The van der Waals surface area contributed by atoms with Crippen molar-refractivity contribution in [1.82, 2.24) is 20.3 Å². The Bertz CT molecular complexity index is 679. The van der Waals surface area contributed by atoms with Crippen LogP contribution < -0.4 is 5.32 Å². The van der Waals surface area contributed by atoms with Crippen molar-refractivity contribution < 1.29 is 14.7 Å². The summed E-state index contributed by atoms with van der Waals surface area (Å²) in [6.45, 7) is 4.36. The number of hydrogen-bond donors (Lipinski definition) is 2. The fourth-order valence-corrected chi connectivity index (χ4v) is 1.91. The molecule has 0 bridgehead atoms. The van der Waals surface area contributed by atoms with Gasteiger partial charge in [0.1, 0.15) is 6.54 Å². The Labute approximate surface area is 121 Å². The molecule has 1 heterocycles. The number of carbonyl (C=O) groups excluding carboxylic acids is 1. The zero-order valence-electron chi connectivity index (χ0n) is 11.8. The number of nitrogens with one attached hydrogen (secondary N) is 1. The zero-order valence-corrected chi connectivity index (χ0v) is 11.8. The third kappa shape index (κ3) is 3.88. The Morgan fingerprint density at radius 1 is 1.33 bits per heavy atom. The summed E-state index contributed by atoms with van der Waals surface area (Å²) in [4.78, 5) is 22.5. The maximum absolute atomic E-state index is 11.8. The van der Waals surface area contributed by atoms with E-state index in [-0.39, 0.29) is 18.1 Å². The Balaban J connectivity index is 1.91. The zero-order chi connectivity index (χ0) is 15.4. The Morgan fingerprint density at radius 2 is 2.10 bits per heavy atom. The number of carboxylic acid groups (broad SMARTS) is 1. The van der Waals surface area contributed by atoms with E-state index < -0.39 is 5.97 Å². The van der Waals surface area contributed by atoms with Crippen molar-refractivity contribution in [2.45, 2.75) is 26.9 Å². The topological polar surface area (TPSA) is 97.1 Å². The van der Waals surface area contributed by atoms with Crippen molar-refractivity contribution in [3.05, 3.63) is 46.8 Å². The summed E-state index contributed by atoms with van der Waals surface area (Å²) in [7, 11) is 0. The van der Waals surface area contributed by atoms with E-state index in [1.54, 1.807) is 0 Å². The summed E-state index contributed by atoms with van der Waals surface area (Å²) in [6.07, 6.45) is 1.22. The van der Waals surface area contributed by atoms with E-state index in [1.165, 1.54) is 16.4 Å². The van der Waals surface area contributed by atoms with Crippen LogP contribution in [0.5, 0.6) is 0 Å². The van der Waals surface area contributed by atoms with Crippen molar-refractivity contribution in [2.75, 3.05) is 0 Å². The SMILES string of the molecule is Cc1ccc(CNC(=O)Cn2cc(C(=O)O)nn2)c(C)c1. The quantitative estimate of drug-likeness (QED) is 0.852. The van der Waals surface area contributed by atoms with Crippen molar-refractivity contribution in [1.29, 1.82) is 0 Å². The van der Waals surface area contributed by atoms with Crippen LogP contribution >= 0.6 is 0 Å². The molecule has 0 saturated carbocycles. The molecular weight excluding hydrogens is 272 g/mol. The number of rotatable bonds is 5. The third-order valence-corrected chi connectivity index (χ3v) is 3.04. The van der Waals surface area contributed by atoms with Gasteiger partial charge in [-0.1, -0.05) is 29.0 Å². The minimum absolute atomic E-state index is 0.0643. The summed E-state index contributed by atoms with van der Waals surface area (Å²) in [6, 6.07) is 6.02. The monoisotopic (exact) mass is 288 g/mol. The summed E-state index contributed by atoms with van der Waals surface area (Å²) in [5.74, 6) is -1.42. The molecule has 0 fully saturated rings. The van der Waals surface area contributed by atoms with Gasteiger partial charge in [0.2, 0.25) is 5.91 Å². The third-order valence-electron chi connectivity index (χ3n) is 3.04. The molecule has 0 aliphatic rings. The van der Waals surface area contributed by atoms with Gasteiger partial charge in [-0.2, -0.15) is 0 Å². The van der Waals surface area contributed by atoms with Crippen LogP contribution in [0.25, 0.3) is 0 Å². The van der Waals surface area contributed by atoms with E-state index in [4.69, 9.17) is 5.11 Å². The maximum Gasteiger partial charge on any atom is 0.358 e. The summed E-state index contributed by atoms with van der Waals surface area (Å²) >= 11 is 0. The highest BCUT2D eigenvalue weighted by Gasteiger charge is 2.10. The number of amides is 1. The molecule has 0 aliphatic heterocycles. The predicted molar refractivity (Wildman–Crippen MR) is 74.7 cm³/mol. The van der Waals surface area contributed by atoms with Crippen LogP contribution in [0.15, 0.2) is 24.4 Å². The number of carbonyl (C=O) groups is 2. The molecule has 1 aromatic carbocycles. The van der Waals surface area contributed by atoms with Crippen molar-refractivity contribution >= 4 is 11.9 Å². The van der Waals surface area contributed by atoms with Gasteiger partial charge in [-0.15, -0.1) is 5.10 Å². The second kappa shape index (κ2) is 6.17. The molecule has 1 aromatic heterocycles. The molecule has 0 spiro atoms. The summed E-state index contributed by atoms with van der Waals surface area (Å²) in [5, 5.41) is 18.5. The highest BCUT2D eigenvalue weighted by Crippen LogP contribution is 2.09. The van der Waals surface area contributed by atoms with Gasteiger partial charge in [-0.25, -0.2) is 9.48 Å². The number of nitrogens with zero attached hydrogens (tertiary/aromatic N) is 3. The second-order valence-electron chi connectivity index (χ2n) is 4.81. The molecule has 2 N–H and O–H groups in total. The standard InChI is InChI=1S/C14H16N4O3/c1-9-3-4-11(10(2)5-9)6-15-13(19)8-18-7-12(14(20)21)16-17-18/h3-5,7H,6,8H2,1-2H3,(H,15,19)(H,20,21). The minimum Gasteiger partial charge on any atom is -0.476 e. The normalized spacial score (nSPS) is 10.4. The fraction of sp³-hybridized carbons (Fsp3) is 0.286. The van der Waals surface area contributed by atoms with Crippen LogP contribution in [0.2, 0.25) is 0 Å². The van der Waals surface area contributed by atoms with Crippen LogP contribution in [0, 0.1) is 13.8 Å². The molecule has 0 aliphatic carbocycles. The number of carboxylic acids is 1. The molecule has 2 aromatic rings. The van der Waals surface area contributed by atoms with Crippen LogP contribution in [0.1, 0.15) is 27.2 Å². The van der Waals surface area contributed by atoms with Gasteiger partial charge in [-0.05, 0) is 25.0 Å². The van der Waals surface area contributed by atoms with Gasteiger partial charge in [0.25, 0.3) is 0 Å². The fourth-order valence-electron chi connectivity index (χ4n) is 1.91. The number of hydrogen-bond acceptors (Lipinski definition) is 4. The Morgan fingerprint density at radius 3 is 2.71 bits per heavy atom. The molecule has 0 unspecified atom stereocenters. The number of aromatic carboxylic acids is 1. The maximum atomic E-state index is 11.8. The molecule has 0 radical (unpaired) electrons. The molecule has 110 valence electrons. The lowest BCUT2D eigenvalue weighted by Crippen LogP contribution is -2.27. The molecule has 7 heteroatoms. The van der Waals surface area contributed by atoms with Crippen LogP contribution in [0.4, 0.5) is 0 Å². The highest BCUT2D eigenvalue weighted by atomic mass is 16.4. The van der Waals surface area contributed by atoms with Crippen LogP contribution in [-0.4, -0.2) is 32.0 Å². The van der Waals surface area contributed by atoms with Gasteiger partial charge in [0, 0.05) is 6.54 Å². The van der Waals surface area contributed by atoms with E-state index in [9.17, 15) is 9.59 Å². The molecule has 7 nitrogen and oxygen atoms in total. The van der Waals surface area contributed by atoms with Gasteiger partial charge < -0.3 is 10.4 Å². The van der Waals surface area contributed by atoms with Gasteiger partial charge in [0.15, 0.2) is 5.69 Å². The molecule has 21 heavy (non-hydrogen) atoms. The molecule has 2 rings (SSSR count). The lowest BCUT2D eigenvalue weighted by molar-refractivity contribution is -0.122. The van der Waals surface area contributed by atoms with Crippen molar-refractivity contribution in [3.8, 4) is 0 Å².